The molecule has 0 bridgehead atoms. The Morgan fingerprint density at radius 2 is 0.839 bits per heavy atom. The zero-order valence-electron chi connectivity index (χ0n) is 30.3. The molecule has 1 aliphatic carbocycles. The van der Waals surface area contributed by atoms with E-state index in [1.54, 1.807) is 0 Å². The molecule has 0 aliphatic heterocycles. The van der Waals surface area contributed by atoms with Crippen LogP contribution < -0.4 is 0 Å². The van der Waals surface area contributed by atoms with E-state index < -0.39 is 5.41 Å². The highest BCUT2D eigenvalue weighted by Gasteiger charge is 2.46. The second-order valence-corrected chi connectivity index (χ2v) is 14.3. The third kappa shape index (κ3) is 4.89. The van der Waals surface area contributed by atoms with Gasteiger partial charge in [0.1, 0.15) is 11.2 Å². The fourth-order valence-corrected chi connectivity index (χ4v) is 8.84. The van der Waals surface area contributed by atoms with Gasteiger partial charge in [-0.1, -0.05) is 188 Å². The molecule has 2 heterocycles. The maximum absolute atomic E-state index is 6.83. The molecule has 56 heavy (non-hydrogen) atoms. The van der Waals surface area contributed by atoms with Gasteiger partial charge in [-0.3, -0.25) is 0 Å². The lowest BCUT2D eigenvalue weighted by atomic mass is 9.67. The van der Waals surface area contributed by atoms with Crippen LogP contribution in [0.4, 0.5) is 0 Å². The van der Waals surface area contributed by atoms with Gasteiger partial charge in [-0.05, 0) is 56.6 Å². The summed E-state index contributed by atoms with van der Waals surface area (Å²) in [6, 6.07) is 70.3. The van der Waals surface area contributed by atoms with Crippen LogP contribution in [0.5, 0.6) is 0 Å². The number of hydrogen-bond acceptors (Lipinski definition) is 4. The van der Waals surface area contributed by atoms with Crippen LogP contribution in [0.2, 0.25) is 0 Å². The lowest BCUT2D eigenvalue weighted by molar-refractivity contribution is 0.665. The average molecular weight is 716 g/mol. The number of fused-ring (bicyclic) bond motifs is 6. The van der Waals surface area contributed by atoms with E-state index in [1.165, 1.54) is 33.4 Å². The minimum absolute atomic E-state index is 0.511. The highest BCUT2D eigenvalue weighted by atomic mass is 16.3. The molecule has 0 saturated carbocycles. The number of nitrogens with zero attached hydrogens (tertiary/aromatic N) is 3. The zero-order valence-corrected chi connectivity index (χ0v) is 30.3. The van der Waals surface area contributed by atoms with Crippen LogP contribution in [0.3, 0.4) is 0 Å². The van der Waals surface area contributed by atoms with Gasteiger partial charge in [0, 0.05) is 27.5 Å². The number of aromatic nitrogens is 3. The van der Waals surface area contributed by atoms with Crippen LogP contribution >= 0.6 is 0 Å². The quantitative estimate of drug-likeness (QED) is 0.172. The van der Waals surface area contributed by atoms with E-state index >= 15 is 0 Å². The summed E-state index contributed by atoms with van der Waals surface area (Å²) in [4.78, 5) is 15.1. The van der Waals surface area contributed by atoms with E-state index in [0.717, 1.165) is 49.8 Å². The Bertz CT molecular complexity index is 2980. The molecule has 262 valence electrons. The van der Waals surface area contributed by atoms with Gasteiger partial charge in [-0.2, -0.15) is 0 Å². The predicted molar refractivity (Wildman–Crippen MR) is 226 cm³/mol. The molecule has 0 saturated heterocycles. The van der Waals surface area contributed by atoms with Crippen molar-refractivity contribution in [2.75, 3.05) is 0 Å². The second kappa shape index (κ2) is 12.9. The largest absolute Gasteiger partial charge is 0.456 e. The van der Waals surface area contributed by atoms with E-state index in [4.69, 9.17) is 19.4 Å². The van der Waals surface area contributed by atoms with Gasteiger partial charge < -0.3 is 4.42 Å². The molecule has 0 radical (unpaired) electrons. The molecule has 0 atom stereocenters. The van der Waals surface area contributed by atoms with Crippen LogP contribution in [0.15, 0.2) is 205 Å². The maximum Gasteiger partial charge on any atom is 0.164 e. The summed E-state index contributed by atoms with van der Waals surface area (Å²) in [7, 11) is 0. The molecule has 0 fully saturated rings. The first-order valence-electron chi connectivity index (χ1n) is 18.9. The highest BCUT2D eigenvalue weighted by molar-refractivity contribution is 6.13. The summed E-state index contributed by atoms with van der Waals surface area (Å²) in [6.45, 7) is 0. The van der Waals surface area contributed by atoms with Crippen LogP contribution in [0.1, 0.15) is 22.3 Å². The van der Waals surface area contributed by atoms with Crippen molar-refractivity contribution in [3.8, 4) is 56.4 Å². The molecule has 0 N–H and O–H groups in total. The fraction of sp³-hybridized carbons (Fsp3) is 0.0192. The van der Waals surface area contributed by atoms with Gasteiger partial charge in [0.15, 0.2) is 17.5 Å². The number of hydrogen-bond donors (Lipinski definition) is 0. The Labute approximate surface area is 324 Å². The first-order valence-corrected chi connectivity index (χ1v) is 18.9. The van der Waals surface area contributed by atoms with Gasteiger partial charge in [-0.25, -0.2) is 15.0 Å². The monoisotopic (exact) mass is 715 g/mol. The Kier molecular flexibility index (Phi) is 7.36. The number of rotatable bonds is 6. The first-order chi connectivity index (χ1) is 27.8. The van der Waals surface area contributed by atoms with E-state index in [0.29, 0.717) is 17.5 Å². The van der Waals surface area contributed by atoms with Crippen molar-refractivity contribution in [2.24, 2.45) is 0 Å². The van der Waals surface area contributed by atoms with Crippen LogP contribution in [0.25, 0.3) is 78.4 Å². The summed E-state index contributed by atoms with van der Waals surface area (Å²) < 4.78 is 6.83. The average Bonchev–Trinajstić information content (AvgIpc) is 3.81. The third-order valence-electron chi connectivity index (χ3n) is 11.2. The minimum Gasteiger partial charge on any atom is -0.456 e. The summed E-state index contributed by atoms with van der Waals surface area (Å²) in [6.07, 6.45) is 0. The van der Waals surface area contributed by atoms with Gasteiger partial charge in [-0.15, -0.1) is 0 Å². The van der Waals surface area contributed by atoms with Gasteiger partial charge in [0.05, 0.1) is 5.41 Å². The standard InChI is InChI=1S/C52H33N3O/c1-4-17-34(18-5-1)49-53-50(35-19-6-2-7-20-35)55-51(54-49)42-26-11-10-23-38(42)41-27-16-30-46-48(41)43-32-31-37(33-47(43)56-46)52(36-21-8-3-9-22-36)44-28-14-12-24-39(44)40-25-13-15-29-45(40)52/h1-33H. The molecule has 4 heteroatoms. The molecule has 11 rings (SSSR count). The molecule has 0 spiro atoms. The van der Waals surface area contributed by atoms with Crippen LogP contribution in [-0.4, -0.2) is 15.0 Å². The Morgan fingerprint density at radius 3 is 1.46 bits per heavy atom. The fourth-order valence-electron chi connectivity index (χ4n) is 8.84. The SMILES string of the molecule is c1ccc(-c2nc(-c3ccccc3)nc(-c3ccccc3-c3cccc4oc5cc(C6(c7ccccc7)c7ccccc7-c7ccccc76)ccc5c34)n2)cc1. The summed E-state index contributed by atoms with van der Waals surface area (Å²) in [5.74, 6) is 1.88. The summed E-state index contributed by atoms with van der Waals surface area (Å²) >= 11 is 0. The van der Waals surface area contributed by atoms with Crippen molar-refractivity contribution in [1.82, 2.24) is 15.0 Å². The van der Waals surface area contributed by atoms with E-state index in [-0.39, 0.29) is 0 Å². The summed E-state index contributed by atoms with van der Waals surface area (Å²) in [5, 5.41) is 2.12. The Hall–Kier alpha value is -7.43. The highest BCUT2D eigenvalue weighted by Crippen LogP contribution is 2.56. The van der Waals surface area contributed by atoms with Crippen molar-refractivity contribution >= 4 is 21.9 Å². The van der Waals surface area contributed by atoms with Gasteiger partial charge in [0.25, 0.3) is 0 Å². The normalized spacial score (nSPS) is 12.8. The van der Waals surface area contributed by atoms with Gasteiger partial charge in [0.2, 0.25) is 0 Å². The maximum atomic E-state index is 6.83. The molecule has 0 amide bonds. The molecule has 10 aromatic rings. The third-order valence-corrected chi connectivity index (χ3v) is 11.2. The molecule has 2 aromatic heterocycles. The summed E-state index contributed by atoms with van der Waals surface area (Å²) in [5.41, 5.74) is 13.5. The molecular formula is C52H33N3O. The minimum atomic E-state index is -0.511. The molecular weight excluding hydrogens is 683 g/mol. The number of benzene rings is 8. The number of furan rings is 1. The van der Waals surface area contributed by atoms with E-state index in [2.05, 4.69) is 133 Å². The van der Waals surface area contributed by atoms with Crippen LogP contribution in [-0.2, 0) is 5.41 Å². The molecule has 1 aliphatic rings. The lowest BCUT2D eigenvalue weighted by Gasteiger charge is -2.33. The van der Waals surface area contributed by atoms with Crippen molar-refractivity contribution in [3.63, 3.8) is 0 Å². The molecule has 0 unspecified atom stereocenters. The Balaban J connectivity index is 1.12. The Morgan fingerprint density at radius 1 is 0.339 bits per heavy atom. The lowest BCUT2D eigenvalue weighted by Crippen LogP contribution is -2.28. The van der Waals surface area contributed by atoms with Crippen molar-refractivity contribution < 1.29 is 4.42 Å². The second-order valence-electron chi connectivity index (χ2n) is 14.3. The first kappa shape index (κ1) is 32.0. The zero-order chi connectivity index (χ0) is 37.1. The smallest absolute Gasteiger partial charge is 0.164 e. The molecule has 4 nitrogen and oxygen atoms in total. The van der Waals surface area contributed by atoms with Gasteiger partial charge >= 0.3 is 0 Å². The topological polar surface area (TPSA) is 51.8 Å². The molecule has 8 aromatic carbocycles. The van der Waals surface area contributed by atoms with Crippen molar-refractivity contribution in [3.05, 3.63) is 222 Å². The van der Waals surface area contributed by atoms with Crippen molar-refractivity contribution in [2.45, 2.75) is 5.41 Å². The van der Waals surface area contributed by atoms with Crippen LogP contribution in [0, 0.1) is 0 Å². The van der Waals surface area contributed by atoms with E-state index in [1.807, 2.05) is 66.7 Å². The van der Waals surface area contributed by atoms with E-state index in [9.17, 15) is 0 Å². The predicted octanol–water partition coefficient (Wildman–Crippen LogP) is 12.8. The van der Waals surface area contributed by atoms with Crippen molar-refractivity contribution in [1.29, 1.82) is 0 Å².